The van der Waals surface area contributed by atoms with E-state index in [4.69, 9.17) is 26.6 Å². The largest absolute Gasteiger partial charge is 0.500 e. The topological polar surface area (TPSA) is 55.4 Å². The minimum Gasteiger partial charge on any atom is -0.377 e. The molecule has 0 bridgehead atoms. The van der Waals surface area contributed by atoms with Gasteiger partial charge in [-0.2, -0.15) is 17.6 Å². The molecular weight excluding hydrogens is 372 g/mol. The zero-order chi connectivity index (χ0) is 19.1. The summed E-state index contributed by atoms with van der Waals surface area (Å²) < 4.78 is 85.9. The summed E-state index contributed by atoms with van der Waals surface area (Å²) in [5, 5.41) is 0. The van der Waals surface area contributed by atoms with Gasteiger partial charge < -0.3 is 26.6 Å². The van der Waals surface area contributed by atoms with Crippen LogP contribution in [-0.2, 0) is 26.6 Å². The Morgan fingerprint density at radius 3 is 0.917 bits per heavy atom. The number of rotatable bonds is 13. The van der Waals surface area contributed by atoms with E-state index in [2.05, 4.69) is 0 Å². The van der Waals surface area contributed by atoms with Gasteiger partial charge in [-0.15, -0.1) is 0 Å². The second kappa shape index (κ2) is 9.57. The van der Waals surface area contributed by atoms with Crippen molar-refractivity contribution in [1.82, 2.24) is 0 Å². The molecule has 0 saturated heterocycles. The van der Waals surface area contributed by atoms with Crippen molar-refractivity contribution in [3.05, 3.63) is 0 Å². The summed E-state index contributed by atoms with van der Waals surface area (Å²) in [6.45, 7) is 0. The Bertz CT molecular complexity index is 317. The van der Waals surface area contributed by atoms with Crippen molar-refractivity contribution in [2.75, 3.05) is 42.7 Å². The first kappa shape index (κ1) is 23.9. The van der Waals surface area contributed by atoms with Gasteiger partial charge in [-0.3, -0.25) is 0 Å². The van der Waals surface area contributed by atoms with Crippen LogP contribution in [0.2, 0.25) is 12.1 Å². The van der Waals surface area contributed by atoms with Crippen LogP contribution in [-0.4, -0.2) is 72.1 Å². The van der Waals surface area contributed by atoms with E-state index >= 15 is 0 Å². The first-order chi connectivity index (χ1) is 11.0. The quantitative estimate of drug-likeness (QED) is 0.351. The van der Waals surface area contributed by atoms with Crippen molar-refractivity contribution in [1.29, 1.82) is 0 Å². The highest BCUT2D eigenvalue weighted by Gasteiger charge is 2.58. The average Bonchev–Trinajstić information content (AvgIpc) is 2.58. The van der Waals surface area contributed by atoms with Gasteiger partial charge in [0, 0.05) is 67.6 Å². The molecule has 6 nitrogen and oxygen atoms in total. The summed E-state index contributed by atoms with van der Waals surface area (Å²) in [6.07, 6.45) is -2.27. The minimum atomic E-state index is -4.27. The molecule has 146 valence electrons. The monoisotopic (exact) mass is 398 g/mol. The number of halogens is 4. The van der Waals surface area contributed by atoms with E-state index < -0.39 is 54.4 Å². The molecule has 0 spiro atoms. The van der Waals surface area contributed by atoms with E-state index in [-0.39, 0.29) is 0 Å². The summed E-state index contributed by atoms with van der Waals surface area (Å²) in [7, 11) is 0.635. The van der Waals surface area contributed by atoms with Gasteiger partial charge in [0.25, 0.3) is 0 Å². The van der Waals surface area contributed by atoms with Crippen LogP contribution in [0.4, 0.5) is 17.6 Å². The second-order valence-electron chi connectivity index (χ2n) is 5.00. The fourth-order valence-electron chi connectivity index (χ4n) is 2.10. The van der Waals surface area contributed by atoms with Gasteiger partial charge >= 0.3 is 29.5 Å². The maximum atomic E-state index is 14.0. The third kappa shape index (κ3) is 5.73. The van der Waals surface area contributed by atoms with Crippen LogP contribution in [0.25, 0.3) is 0 Å². The first-order valence-corrected chi connectivity index (χ1v) is 11.0. The van der Waals surface area contributed by atoms with Gasteiger partial charge in [-0.1, -0.05) is 0 Å². The fourth-order valence-corrected chi connectivity index (χ4v) is 5.56. The number of hydrogen-bond donors (Lipinski definition) is 0. The van der Waals surface area contributed by atoms with Crippen molar-refractivity contribution in [3.8, 4) is 0 Å². The fraction of sp³-hybridized carbons (Fsp3) is 1.00. The smallest absolute Gasteiger partial charge is 0.377 e. The van der Waals surface area contributed by atoms with Gasteiger partial charge in [0.1, 0.15) is 0 Å². The molecule has 0 aromatic heterocycles. The van der Waals surface area contributed by atoms with Crippen molar-refractivity contribution in [3.63, 3.8) is 0 Å². The molecule has 0 atom stereocenters. The molecule has 0 aromatic carbocycles. The van der Waals surface area contributed by atoms with E-state index in [9.17, 15) is 17.6 Å². The van der Waals surface area contributed by atoms with Crippen molar-refractivity contribution < 1.29 is 44.1 Å². The Kier molecular flexibility index (Phi) is 9.53. The van der Waals surface area contributed by atoms with Crippen molar-refractivity contribution >= 4 is 17.6 Å². The van der Waals surface area contributed by atoms with Gasteiger partial charge in [-0.05, 0) is 0 Å². The summed E-state index contributed by atoms with van der Waals surface area (Å²) in [4.78, 5) is 0. The van der Waals surface area contributed by atoms with Crippen LogP contribution in [0, 0.1) is 0 Å². The van der Waals surface area contributed by atoms with Crippen LogP contribution in [0.5, 0.6) is 0 Å². The minimum absolute atomic E-state index is 0.444. The Morgan fingerprint density at radius 1 is 0.542 bits per heavy atom. The van der Waals surface area contributed by atoms with E-state index in [0.29, 0.717) is 0 Å². The second-order valence-corrected chi connectivity index (χ2v) is 11.2. The molecule has 12 heteroatoms. The number of hydrogen-bond acceptors (Lipinski definition) is 6. The third-order valence-electron chi connectivity index (χ3n) is 3.89. The molecule has 0 aliphatic heterocycles. The SMILES string of the molecule is CO[Si](CCC(F)(F)C(F)(F)CC[Si](OC)(OC)OC)(OC)OC. The standard InChI is InChI=1S/C12H26F4O6Si2/c1-17-23(18-2,19-3)9-7-11(13,14)12(15,16)8-10-24(20-4,21-5)22-6/h7-10H2,1-6H3. The van der Waals surface area contributed by atoms with E-state index in [1.165, 1.54) is 42.7 Å². The molecule has 0 rings (SSSR count). The molecule has 0 unspecified atom stereocenters. The van der Waals surface area contributed by atoms with Crippen LogP contribution in [0.3, 0.4) is 0 Å². The normalized spacial score (nSPS) is 14.2. The Balaban J connectivity index is 4.98. The zero-order valence-electron chi connectivity index (χ0n) is 14.8. The van der Waals surface area contributed by atoms with Crippen LogP contribution >= 0.6 is 0 Å². The lowest BCUT2D eigenvalue weighted by Crippen LogP contribution is -2.49. The maximum Gasteiger partial charge on any atom is 0.500 e. The summed E-state index contributed by atoms with van der Waals surface area (Å²) in [6, 6.07) is -0.888. The summed E-state index contributed by atoms with van der Waals surface area (Å²) >= 11 is 0. The highest BCUT2D eigenvalue weighted by Crippen LogP contribution is 2.43. The van der Waals surface area contributed by atoms with Crippen LogP contribution < -0.4 is 0 Å². The molecule has 0 aromatic rings. The Labute approximate surface area is 142 Å². The van der Waals surface area contributed by atoms with Gasteiger partial charge in [-0.25, -0.2) is 0 Å². The highest BCUT2D eigenvalue weighted by molar-refractivity contribution is 6.60. The first-order valence-electron chi connectivity index (χ1n) is 7.09. The van der Waals surface area contributed by atoms with Crippen LogP contribution in [0.1, 0.15) is 12.8 Å². The van der Waals surface area contributed by atoms with E-state index in [0.717, 1.165) is 0 Å². The van der Waals surface area contributed by atoms with Crippen molar-refractivity contribution in [2.45, 2.75) is 36.8 Å². The van der Waals surface area contributed by atoms with Gasteiger partial charge in [0.05, 0.1) is 0 Å². The van der Waals surface area contributed by atoms with E-state index in [1.807, 2.05) is 0 Å². The predicted octanol–water partition coefficient (Wildman–Crippen LogP) is 2.79. The maximum absolute atomic E-state index is 14.0. The molecular formula is C12H26F4O6Si2. The third-order valence-corrected chi connectivity index (χ3v) is 9.35. The molecule has 0 saturated carbocycles. The highest BCUT2D eigenvalue weighted by atomic mass is 28.4. The molecule has 0 aliphatic carbocycles. The van der Waals surface area contributed by atoms with Crippen LogP contribution in [0.15, 0.2) is 0 Å². The summed E-state index contributed by atoms with van der Waals surface area (Å²) in [5.74, 6) is -8.54. The van der Waals surface area contributed by atoms with E-state index in [1.54, 1.807) is 0 Å². The molecule has 24 heavy (non-hydrogen) atoms. The molecule has 0 N–H and O–H groups in total. The zero-order valence-corrected chi connectivity index (χ0v) is 16.8. The Hall–Kier alpha value is -0.0862. The average molecular weight is 398 g/mol. The molecule has 0 fully saturated rings. The number of alkyl halides is 4. The van der Waals surface area contributed by atoms with Crippen molar-refractivity contribution in [2.24, 2.45) is 0 Å². The molecule has 0 radical (unpaired) electrons. The molecule has 0 aliphatic rings. The molecule has 0 heterocycles. The van der Waals surface area contributed by atoms with Gasteiger partial charge in [0.2, 0.25) is 0 Å². The van der Waals surface area contributed by atoms with Gasteiger partial charge in [0.15, 0.2) is 0 Å². The predicted molar refractivity (Wildman–Crippen MR) is 82.3 cm³/mol. The lowest BCUT2D eigenvalue weighted by molar-refractivity contribution is -0.212. The summed E-state index contributed by atoms with van der Waals surface area (Å²) in [5.41, 5.74) is 0. The molecule has 0 amide bonds. The lowest BCUT2D eigenvalue weighted by atomic mass is 10.1. The lowest BCUT2D eigenvalue weighted by Gasteiger charge is -2.32. The Morgan fingerprint density at radius 2 is 0.750 bits per heavy atom.